The fraction of sp³-hybridized carbons (Fsp3) is 0.500. The Morgan fingerprint density at radius 2 is 1.98 bits per heavy atom. The van der Waals surface area contributed by atoms with Crippen molar-refractivity contribution in [2.45, 2.75) is 88.7 Å². The van der Waals surface area contributed by atoms with Gasteiger partial charge in [0.1, 0.15) is 23.3 Å². The fourth-order valence-electron chi connectivity index (χ4n) is 5.65. The van der Waals surface area contributed by atoms with Gasteiger partial charge in [-0.2, -0.15) is 13.5 Å². The lowest BCUT2D eigenvalue weighted by molar-refractivity contribution is -0.218. The van der Waals surface area contributed by atoms with Crippen LogP contribution in [0.15, 0.2) is 22.7 Å². The molecule has 5 rings (SSSR count). The number of aliphatic carboxylic acids is 1. The van der Waals surface area contributed by atoms with Crippen LogP contribution in [0.2, 0.25) is 0 Å². The zero-order valence-corrected chi connectivity index (χ0v) is 28.0. The number of aryl methyl sites for hydroxylation is 2. The molecule has 1 aromatic carbocycles. The molecule has 1 saturated heterocycles. The molecule has 0 spiro atoms. The molecule has 2 fully saturated rings. The van der Waals surface area contributed by atoms with Crippen molar-refractivity contribution in [1.29, 1.82) is 5.41 Å². The second-order valence-electron chi connectivity index (χ2n) is 12.6. The molecule has 2 aliphatic heterocycles. The summed E-state index contributed by atoms with van der Waals surface area (Å²) in [4.78, 5) is 48.4. The van der Waals surface area contributed by atoms with E-state index in [0.717, 1.165) is 35.3 Å². The van der Waals surface area contributed by atoms with Crippen LogP contribution in [0.1, 0.15) is 62.4 Å². The highest BCUT2D eigenvalue weighted by Gasteiger charge is 2.58. The Balaban J connectivity index is 1.36. The number of nitrogens with one attached hydrogen (secondary N) is 3. The first-order valence-electron chi connectivity index (χ1n) is 14.7. The first kappa shape index (κ1) is 35.0. The lowest BCUT2D eigenvalue weighted by Gasteiger charge is -2.50. The van der Waals surface area contributed by atoms with E-state index in [1.807, 2.05) is 13.0 Å². The number of anilines is 1. The number of hydrogen-bond donors (Lipinski definition) is 7. The van der Waals surface area contributed by atoms with Gasteiger partial charge in [0, 0.05) is 23.0 Å². The van der Waals surface area contributed by atoms with Crippen molar-refractivity contribution in [2.24, 2.45) is 10.9 Å². The van der Waals surface area contributed by atoms with Gasteiger partial charge in [0.25, 0.3) is 17.4 Å². The molecule has 9 N–H and O–H groups in total. The number of carbonyl (C=O) groups is 3. The summed E-state index contributed by atoms with van der Waals surface area (Å²) in [5, 5.41) is 30.1. The van der Waals surface area contributed by atoms with E-state index in [1.165, 1.54) is 26.2 Å². The zero-order valence-electron chi connectivity index (χ0n) is 26.3. The summed E-state index contributed by atoms with van der Waals surface area (Å²) in [6, 6.07) is 2.50. The Morgan fingerprint density at radius 1 is 1.29 bits per heavy atom. The number of hydrogen-bond acceptors (Lipinski definition) is 14. The number of β-lactam (4-membered cyclic amide) rings is 1. The molecule has 18 nitrogen and oxygen atoms in total. The van der Waals surface area contributed by atoms with Crippen molar-refractivity contribution in [2.75, 3.05) is 5.73 Å². The molecule has 0 bridgehead atoms. The van der Waals surface area contributed by atoms with Crippen molar-refractivity contribution in [3.63, 3.8) is 0 Å². The maximum Gasteiger partial charge on any atom is 0.418 e. The van der Waals surface area contributed by atoms with Gasteiger partial charge in [-0.25, -0.2) is 9.78 Å². The first-order valence-corrected chi connectivity index (χ1v) is 17.0. The van der Waals surface area contributed by atoms with Gasteiger partial charge in [0.15, 0.2) is 16.9 Å². The van der Waals surface area contributed by atoms with Gasteiger partial charge in [0.2, 0.25) is 0 Å². The van der Waals surface area contributed by atoms with Crippen molar-refractivity contribution in [3.05, 3.63) is 39.9 Å². The van der Waals surface area contributed by atoms with Gasteiger partial charge in [0.05, 0.1) is 5.54 Å². The molecule has 3 aliphatic rings. The van der Waals surface area contributed by atoms with E-state index in [4.69, 9.17) is 31.0 Å². The molecule has 1 saturated carbocycles. The summed E-state index contributed by atoms with van der Waals surface area (Å²) >= 11 is 0.962. The van der Waals surface area contributed by atoms with Crippen LogP contribution in [0.5, 0.6) is 5.75 Å². The largest absolute Gasteiger partial charge is 0.485 e. The molecule has 48 heavy (non-hydrogen) atoms. The van der Waals surface area contributed by atoms with Crippen molar-refractivity contribution in [1.82, 2.24) is 20.7 Å². The number of nitrogen functional groups attached to an aromatic ring is 1. The van der Waals surface area contributed by atoms with Gasteiger partial charge in [-0.1, -0.05) is 5.16 Å². The molecule has 1 aliphatic carbocycles. The minimum atomic E-state index is -5.03. The molecule has 2 amide bonds. The van der Waals surface area contributed by atoms with E-state index in [0.29, 0.717) is 22.8 Å². The SMILES string of the molecule is Cc1cc2c(cc1C(=N)N[C@H]1C[C@@H](N)C1)CC[C@H]([C@](C)(O/N=C(\C(=O)N[C@@H]1C(=O)N(OS(=O)(=O)O)C1(C)C)c1csc(N)n1)C(=O)O)O2. The lowest BCUT2D eigenvalue weighted by atomic mass is 9.84. The van der Waals surface area contributed by atoms with Gasteiger partial charge in [-0.15, -0.1) is 15.6 Å². The van der Waals surface area contributed by atoms with Crippen molar-refractivity contribution >= 4 is 56.2 Å². The van der Waals surface area contributed by atoms with E-state index in [-0.39, 0.29) is 35.2 Å². The topological polar surface area (TPSA) is 282 Å². The molecule has 3 heterocycles. The van der Waals surface area contributed by atoms with Crippen LogP contribution in [0.3, 0.4) is 0 Å². The van der Waals surface area contributed by atoms with Crippen LogP contribution in [-0.4, -0.2) is 92.8 Å². The zero-order chi connectivity index (χ0) is 35.3. The first-order chi connectivity index (χ1) is 22.3. The molecule has 3 atom stereocenters. The Hall–Kier alpha value is -4.37. The number of thiazole rings is 1. The monoisotopic (exact) mass is 708 g/mol. The number of amidine groups is 1. The number of ether oxygens (including phenoxy) is 1. The molecular weight excluding hydrogens is 672 g/mol. The number of rotatable bonds is 11. The number of amides is 2. The van der Waals surface area contributed by atoms with Gasteiger partial charge in [-0.05, 0) is 76.6 Å². The predicted octanol–water partition coefficient (Wildman–Crippen LogP) is 0.236. The van der Waals surface area contributed by atoms with Crippen LogP contribution < -0.4 is 26.8 Å². The van der Waals surface area contributed by atoms with Gasteiger partial charge < -0.3 is 36.8 Å². The highest BCUT2D eigenvalue weighted by Crippen LogP contribution is 2.36. The maximum absolute atomic E-state index is 13.5. The number of oxime groups is 1. The van der Waals surface area contributed by atoms with Gasteiger partial charge in [-0.3, -0.25) is 19.6 Å². The summed E-state index contributed by atoms with van der Waals surface area (Å²) in [6.07, 6.45) is 1.07. The van der Waals surface area contributed by atoms with Crippen LogP contribution in [0.25, 0.3) is 0 Å². The van der Waals surface area contributed by atoms with Crippen LogP contribution in [0, 0.1) is 12.3 Å². The highest BCUT2D eigenvalue weighted by atomic mass is 32.3. The number of fused-ring (bicyclic) bond motifs is 1. The Morgan fingerprint density at radius 3 is 2.54 bits per heavy atom. The third kappa shape index (κ3) is 6.79. The summed E-state index contributed by atoms with van der Waals surface area (Å²) in [5.74, 6) is -2.78. The normalized spacial score (nSPS) is 24.6. The number of nitrogens with two attached hydrogens (primary N) is 2. The molecular formula is C28H36N8O10S2. The maximum atomic E-state index is 13.5. The molecule has 0 radical (unpaired) electrons. The number of hydroxylamine groups is 2. The van der Waals surface area contributed by atoms with Crippen LogP contribution in [-0.2, 0) is 40.3 Å². The van der Waals surface area contributed by atoms with E-state index >= 15 is 0 Å². The van der Waals surface area contributed by atoms with E-state index < -0.39 is 57.2 Å². The molecule has 20 heteroatoms. The average Bonchev–Trinajstić information content (AvgIpc) is 3.41. The quantitative estimate of drug-likeness (QED) is 0.0541. The molecule has 0 unspecified atom stereocenters. The number of benzene rings is 1. The van der Waals surface area contributed by atoms with Crippen LogP contribution >= 0.6 is 11.3 Å². The smallest absolute Gasteiger partial charge is 0.418 e. The number of carbonyl (C=O) groups excluding carboxylic acids is 2. The minimum absolute atomic E-state index is 0.0563. The van der Waals surface area contributed by atoms with Crippen molar-refractivity contribution < 1.29 is 46.3 Å². The number of carboxylic acid groups (broad SMARTS) is 1. The Kier molecular flexibility index (Phi) is 9.16. The van der Waals surface area contributed by atoms with Crippen molar-refractivity contribution in [3.8, 4) is 5.75 Å². The fourth-order valence-corrected chi connectivity index (χ4v) is 6.65. The molecule has 260 valence electrons. The number of nitrogens with zero attached hydrogens (tertiary/aromatic N) is 3. The second-order valence-corrected chi connectivity index (χ2v) is 14.5. The number of carboxylic acids is 1. The van der Waals surface area contributed by atoms with Gasteiger partial charge >= 0.3 is 16.4 Å². The Bertz CT molecular complexity index is 1810. The predicted molar refractivity (Wildman–Crippen MR) is 171 cm³/mol. The third-order valence-corrected chi connectivity index (χ3v) is 9.62. The summed E-state index contributed by atoms with van der Waals surface area (Å²) < 4.78 is 41.8. The highest BCUT2D eigenvalue weighted by molar-refractivity contribution is 7.80. The number of aromatic nitrogens is 1. The standard InChI is InChI=1S/C28H36N8O10S2/c1-12-7-18-13(8-16(12)22(30)32-15-9-14(29)10-15)5-6-19(44-18)28(4,25(39)40)45-35-20(17-11-47-26(31)33-17)23(37)34-21-24(38)36(27(21,2)3)46-48(41,42)43/h7-8,11,14-15,19,21H,5-6,9-10,29H2,1-4H3,(H2,30,32)(H2,31,33)(H,34,37)(H,39,40)(H,41,42,43)/b35-20-/t14-,15+,19-,21-,28+/m1/s1. The summed E-state index contributed by atoms with van der Waals surface area (Å²) in [6.45, 7) is 5.79. The molecule has 2 aromatic rings. The Labute approximate surface area is 279 Å². The lowest BCUT2D eigenvalue weighted by Crippen LogP contribution is -2.76. The minimum Gasteiger partial charge on any atom is -0.485 e. The third-order valence-electron chi connectivity index (χ3n) is 8.61. The molecule has 1 aromatic heterocycles. The average molecular weight is 709 g/mol. The van der Waals surface area contributed by atoms with Crippen LogP contribution in [0.4, 0.5) is 5.13 Å². The van der Waals surface area contributed by atoms with E-state index in [1.54, 1.807) is 6.07 Å². The second kappa shape index (κ2) is 12.6. The van der Waals surface area contributed by atoms with E-state index in [9.17, 15) is 27.9 Å². The van der Waals surface area contributed by atoms with E-state index in [2.05, 4.69) is 25.1 Å². The summed E-state index contributed by atoms with van der Waals surface area (Å²) in [5.41, 5.74) is 9.65. The summed E-state index contributed by atoms with van der Waals surface area (Å²) in [7, 11) is -5.03.